The lowest BCUT2D eigenvalue weighted by Gasteiger charge is -2.00. The maximum Gasteiger partial charge on any atom is -0.000473 e. The summed E-state index contributed by atoms with van der Waals surface area (Å²) < 4.78 is 1.33. The first-order valence-corrected chi connectivity index (χ1v) is 7.20. The van der Waals surface area contributed by atoms with E-state index in [1.165, 1.54) is 62.2 Å². The Morgan fingerprint density at radius 1 is 0.615 bits per heavy atom. The molecule has 0 spiro atoms. The van der Waals surface area contributed by atoms with Gasteiger partial charge in [0.05, 0.1) is 0 Å². The van der Waals surface area contributed by atoms with Gasteiger partial charge in [-0.3, -0.25) is 0 Å². The molecule has 0 aliphatic carbocycles. The van der Waals surface area contributed by atoms with Gasteiger partial charge in [0.2, 0.25) is 0 Å². The van der Waals surface area contributed by atoms with Crippen molar-refractivity contribution >= 4 is 22.6 Å². The Kier molecular flexibility index (Phi) is 13.4. The van der Waals surface area contributed by atoms with E-state index in [1.807, 2.05) is 0 Å². The summed E-state index contributed by atoms with van der Waals surface area (Å²) in [5, 5.41) is 0. The van der Waals surface area contributed by atoms with Crippen molar-refractivity contribution in [2.24, 2.45) is 5.73 Å². The van der Waals surface area contributed by atoms with Gasteiger partial charge in [0.25, 0.3) is 0 Å². The van der Waals surface area contributed by atoms with E-state index in [0.717, 1.165) is 6.54 Å². The summed E-state index contributed by atoms with van der Waals surface area (Å²) in [4.78, 5) is 0. The number of unbranched alkanes of at least 4 members (excludes halogenated alkanes) is 8. The Labute approximate surface area is 97.0 Å². The van der Waals surface area contributed by atoms with Crippen LogP contribution in [-0.2, 0) is 0 Å². The monoisotopic (exact) mass is 297 g/mol. The van der Waals surface area contributed by atoms with Crippen LogP contribution in [0.3, 0.4) is 0 Å². The lowest BCUT2D eigenvalue weighted by atomic mass is 10.1. The fourth-order valence-corrected chi connectivity index (χ4v) is 2.02. The van der Waals surface area contributed by atoms with E-state index in [-0.39, 0.29) is 0 Å². The minimum atomic E-state index is 0.871. The lowest BCUT2D eigenvalue weighted by molar-refractivity contribution is 0.568. The van der Waals surface area contributed by atoms with E-state index in [1.54, 1.807) is 0 Å². The molecule has 0 aliphatic rings. The van der Waals surface area contributed by atoms with E-state index < -0.39 is 0 Å². The van der Waals surface area contributed by atoms with Crippen LogP contribution in [0.4, 0.5) is 0 Å². The van der Waals surface area contributed by atoms with Gasteiger partial charge in [-0.2, -0.15) is 0 Å². The minimum absolute atomic E-state index is 0.871. The van der Waals surface area contributed by atoms with Crippen molar-refractivity contribution in [3.63, 3.8) is 0 Å². The number of nitrogens with two attached hydrogens (primary N) is 1. The molecule has 0 aromatic carbocycles. The fourth-order valence-electron chi connectivity index (χ4n) is 1.48. The van der Waals surface area contributed by atoms with E-state index >= 15 is 0 Å². The Balaban J connectivity index is 2.76. The normalized spacial score (nSPS) is 10.6. The lowest BCUT2D eigenvalue weighted by Crippen LogP contribution is -1.97. The average molecular weight is 297 g/mol. The number of hydrogen-bond donors (Lipinski definition) is 1. The summed E-state index contributed by atoms with van der Waals surface area (Å²) in [6.07, 6.45) is 12.5. The Hall–Kier alpha value is 0.690. The Morgan fingerprint density at radius 2 is 1.00 bits per heavy atom. The molecule has 0 unspecified atom stereocenters. The molecule has 1 nitrogen and oxygen atoms in total. The van der Waals surface area contributed by atoms with Gasteiger partial charge in [-0.15, -0.1) is 0 Å². The largest absolute Gasteiger partial charge is 0.330 e. The predicted octanol–water partition coefficient (Wildman–Crippen LogP) is 3.89. The third-order valence-electron chi connectivity index (χ3n) is 2.34. The standard InChI is InChI=1S/C11H24IN/c12-10-8-6-4-2-1-3-5-7-9-11-13/h1-11,13H2. The molecular formula is C11H24IN. The first-order chi connectivity index (χ1) is 6.41. The summed E-state index contributed by atoms with van der Waals surface area (Å²) in [6.45, 7) is 0.871. The highest BCUT2D eigenvalue weighted by atomic mass is 127. The first-order valence-electron chi connectivity index (χ1n) is 5.68. The molecule has 0 aromatic rings. The highest BCUT2D eigenvalue weighted by Gasteiger charge is 1.91. The summed E-state index contributed by atoms with van der Waals surface area (Å²) in [7, 11) is 0. The van der Waals surface area contributed by atoms with Gasteiger partial charge in [0, 0.05) is 0 Å². The van der Waals surface area contributed by atoms with Crippen LogP contribution < -0.4 is 5.73 Å². The molecule has 2 N–H and O–H groups in total. The molecule has 0 aliphatic heterocycles. The van der Waals surface area contributed by atoms with Crippen LogP contribution in [-0.4, -0.2) is 11.0 Å². The number of halogens is 1. The van der Waals surface area contributed by atoms with Gasteiger partial charge in [0.1, 0.15) is 0 Å². The molecule has 0 aromatic heterocycles. The predicted molar refractivity (Wildman–Crippen MR) is 69.5 cm³/mol. The Morgan fingerprint density at radius 3 is 1.38 bits per heavy atom. The molecule has 0 fully saturated rings. The number of hydrogen-bond acceptors (Lipinski definition) is 1. The second-order valence-electron chi connectivity index (χ2n) is 3.66. The molecular weight excluding hydrogens is 273 g/mol. The fraction of sp³-hybridized carbons (Fsp3) is 1.00. The molecule has 80 valence electrons. The van der Waals surface area contributed by atoms with Crippen molar-refractivity contribution < 1.29 is 0 Å². The zero-order valence-corrected chi connectivity index (χ0v) is 10.9. The number of rotatable bonds is 10. The maximum absolute atomic E-state index is 5.42. The van der Waals surface area contributed by atoms with Crippen molar-refractivity contribution in [3.05, 3.63) is 0 Å². The first kappa shape index (κ1) is 13.7. The highest BCUT2D eigenvalue weighted by molar-refractivity contribution is 14.1. The molecule has 0 radical (unpaired) electrons. The molecule has 0 atom stereocenters. The van der Waals surface area contributed by atoms with Gasteiger partial charge in [0.15, 0.2) is 0 Å². The second-order valence-corrected chi connectivity index (χ2v) is 4.74. The molecule has 0 amide bonds. The summed E-state index contributed by atoms with van der Waals surface area (Å²) in [6, 6.07) is 0. The molecule has 0 bridgehead atoms. The maximum atomic E-state index is 5.42. The third-order valence-corrected chi connectivity index (χ3v) is 3.10. The van der Waals surface area contributed by atoms with Crippen LogP contribution in [0.5, 0.6) is 0 Å². The molecule has 0 saturated heterocycles. The third kappa shape index (κ3) is 12.7. The van der Waals surface area contributed by atoms with Crippen molar-refractivity contribution in [2.45, 2.75) is 57.8 Å². The van der Waals surface area contributed by atoms with Crippen molar-refractivity contribution in [3.8, 4) is 0 Å². The molecule has 0 heterocycles. The highest BCUT2D eigenvalue weighted by Crippen LogP contribution is 2.09. The summed E-state index contributed by atoms with van der Waals surface area (Å²) >= 11 is 2.46. The van der Waals surface area contributed by atoms with Gasteiger partial charge < -0.3 is 5.73 Å². The van der Waals surface area contributed by atoms with E-state index in [4.69, 9.17) is 5.73 Å². The summed E-state index contributed by atoms with van der Waals surface area (Å²) in [5.74, 6) is 0. The summed E-state index contributed by atoms with van der Waals surface area (Å²) in [5.41, 5.74) is 5.42. The minimum Gasteiger partial charge on any atom is -0.330 e. The molecule has 0 saturated carbocycles. The quantitative estimate of drug-likeness (QED) is 0.369. The van der Waals surface area contributed by atoms with Crippen molar-refractivity contribution in [1.82, 2.24) is 0 Å². The van der Waals surface area contributed by atoms with Crippen LogP contribution in [0.1, 0.15) is 57.8 Å². The van der Waals surface area contributed by atoms with Crippen LogP contribution in [0.15, 0.2) is 0 Å². The van der Waals surface area contributed by atoms with Gasteiger partial charge >= 0.3 is 0 Å². The SMILES string of the molecule is NCCCCCCCCCCCI. The average Bonchev–Trinajstić information content (AvgIpc) is 2.16. The molecule has 0 rings (SSSR count). The van der Waals surface area contributed by atoms with Crippen LogP contribution in [0.2, 0.25) is 0 Å². The van der Waals surface area contributed by atoms with E-state index in [2.05, 4.69) is 22.6 Å². The number of alkyl halides is 1. The second kappa shape index (κ2) is 12.7. The van der Waals surface area contributed by atoms with Gasteiger partial charge in [-0.25, -0.2) is 0 Å². The smallest absolute Gasteiger partial charge is 0.000473 e. The van der Waals surface area contributed by atoms with E-state index in [9.17, 15) is 0 Å². The van der Waals surface area contributed by atoms with Gasteiger partial charge in [-0.05, 0) is 23.8 Å². The Bertz CT molecular complexity index is 76.2. The van der Waals surface area contributed by atoms with Crippen LogP contribution in [0.25, 0.3) is 0 Å². The van der Waals surface area contributed by atoms with Crippen LogP contribution >= 0.6 is 22.6 Å². The van der Waals surface area contributed by atoms with Gasteiger partial charge in [-0.1, -0.05) is 67.5 Å². The molecule has 2 heteroatoms. The van der Waals surface area contributed by atoms with Crippen LogP contribution in [0, 0.1) is 0 Å². The topological polar surface area (TPSA) is 26.0 Å². The molecule has 13 heavy (non-hydrogen) atoms. The van der Waals surface area contributed by atoms with Crippen molar-refractivity contribution in [2.75, 3.05) is 11.0 Å². The van der Waals surface area contributed by atoms with E-state index in [0.29, 0.717) is 0 Å². The van der Waals surface area contributed by atoms with Crippen molar-refractivity contribution in [1.29, 1.82) is 0 Å². The zero-order chi connectivity index (χ0) is 9.78. The zero-order valence-electron chi connectivity index (χ0n) is 8.73.